The van der Waals surface area contributed by atoms with Gasteiger partial charge in [0, 0.05) is 6.54 Å². The summed E-state index contributed by atoms with van der Waals surface area (Å²) in [7, 11) is 0. The van der Waals surface area contributed by atoms with Crippen molar-refractivity contribution >= 4 is 22.6 Å². The highest BCUT2D eigenvalue weighted by atomic mass is 35.5. The first-order valence-corrected chi connectivity index (χ1v) is 6.55. The van der Waals surface area contributed by atoms with Gasteiger partial charge in [0.15, 0.2) is 0 Å². The van der Waals surface area contributed by atoms with Crippen LogP contribution >= 0.6 is 11.6 Å². The van der Waals surface area contributed by atoms with E-state index >= 15 is 0 Å². The smallest absolute Gasteiger partial charge is 0.124 e. The van der Waals surface area contributed by atoms with Gasteiger partial charge in [-0.15, -0.1) is 11.6 Å². The molecule has 0 unspecified atom stereocenters. The number of rotatable bonds is 3. The van der Waals surface area contributed by atoms with E-state index in [-0.39, 0.29) is 0 Å². The van der Waals surface area contributed by atoms with Crippen molar-refractivity contribution in [1.82, 2.24) is 9.55 Å². The molecule has 17 heavy (non-hydrogen) atoms. The maximum atomic E-state index is 5.97. The molecule has 0 saturated carbocycles. The fourth-order valence-electron chi connectivity index (χ4n) is 1.92. The number of alkyl halides is 1. The van der Waals surface area contributed by atoms with Gasteiger partial charge in [-0.05, 0) is 24.0 Å². The molecular weight excluding hydrogens is 232 g/mol. The topological polar surface area (TPSA) is 17.8 Å². The highest BCUT2D eigenvalue weighted by molar-refractivity contribution is 6.16. The Bertz CT molecular complexity index is 508. The number of hydrogen-bond acceptors (Lipinski definition) is 1. The van der Waals surface area contributed by atoms with Gasteiger partial charge in [-0.1, -0.05) is 32.9 Å². The molecule has 0 saturated heterocycles. The van der Waals surface area contributed by atoms with Crippen molar-refractivity contribution < 1.29 is 0 Å². The van der Waals surface area contributed by atoms with Crippen LogP contribution in [0.2, 0.25) is 0 Å². The van der Waals surface area contributed by atoms with Gasteiger partial charge in [0.2, 0.25) is 0 Å². The lowest BCUT2D eigenvalue weighted by atomic mass is 9.92. The molecule has 3 heteroatoms. The maximum absolute atomic E-state index is 5.97. The quantitative estimate of drug-likeness (QED) is 0.746. The van der Waals surface area contributed by atoms with Crippen molar-refractivity contribution in [3.63, 3.8) is 0 Å². The molecule has 1 aromatic carbocycles. The molecule has 0 bridgehead atoms. The minimum Gasteiger partial charge on any atom is -0.327 e. The predicted molar refractivity (Wildman–Crippen MR) is 73.4 cm³/mol. The summed E-state index contributed by atoms with van der Waals surface area (Å²) in [6.45, 7) is 7.75. The summed E-state index contributed by atoms with van der Waals surface area (Å²) in [5.74, 6) is 1.44. The minimum atomic E-state index is 0.328. The third-order valence-corrected chi connectivity index (χ3v) is 3.18. The van der Waals surface area contributed by atoms with Crippen LogP contribution in [-0.4, -0.2) is 9.55 Å². The van der Waals surface area contributed by atoms with Gasteiger partial charge in [-0.25, -0.2) is 4.98 Å². The number of nitrogens with zero attached hydrogens (tertiary/aromatic N) is 2. The molecule has 0 amide bonds. The first kappa shape index (κ1) is 12.4. The Morgan fingerprint density at radius 3 is 2.59 bits per heavy atom. The van der Waals surface area contributed by atoms with E-state index in [4.69, 9.17) is 11.6 Å². The molecule has 2 rings (SSSR count). The Morgan fingerprint density at radius 1 is 1.24 bits per heavy atom. The molecule has 2 nitrogen and oxygen atoms in total. The summed E-state index contributed by atoms with van der Waals surface area (Å²) in [4.78, 5) is 4.56. The summed E-state index contributed by atoms with van der Waals surface area (Å²) in [6.07, 6.45) is 1.12. The first-order chi connectivity index (χ1) is 8.01. The van der Waals surface area contributed by atoms with E-state index in [0.29, 0.717) is 11.3 Å². The SMILES string of the molecule is CC(C)(C)CCn1c(CCl)nc2ccccc21. The van der Waals surface area contributed by atoms with Crippen LogP contribution in [0.25, 0.3) is 11.0 Å². The Kier molecular flexibility index (Phi) is 3.43. The first-order valence-electron chi connectivity index (χ1n) is 6.01. The summed E-state index contributed by atoms with van der Waals surface area (Å²) in [5, 5.41) is 0. The summed E-state index contributed by atoms with van der Waals surface area (Å²) in [6, 6.07) is 8.22. The number of halogens is 1. The molecule has 0 fully saturated rings. The monoisotopic (exact) mass is 250 g/mol. The van der Waals surface area contributed by atoms with Gasteiger partial charge >= 0.3 is 0 Å². The number of benzene rings is 1. The average Bonchev–Trinajstić information content (AvgIpc) is 2.63. The zero-order chi connectivity index (χ0) is 12.5. The van der Waals surface area contributed by atoms with Gasteiger partial charge < -0.3 is 4.57 Å². The average molecular weight is 251 g/mol. The maximum Gasteiger partial charge on any atom is 0.124 e. The van der Waals surface area contributed by atoms with Crippen molar-refractivity contribution in [3.05, 3.63) is 30.1 Å². The highest BCUT2D eigenvalue weighted by Gasteiger charge is 2.14. The normalized spacial score (nSPS) is 12.2. The van der Waals surface area contributed by atoms with Crippen LogP contribution in [-0.2, 0) is 12.4 Å². The zero-order valence-corrected chi connectivity index (χ0v) is 11.5. The van der Waals surface area contributed by atoms with Crippen LogP contribution < -0.4 is 0 Å². The van der Waals surface area contributed by atoms with Crippen LogP contribution in [0.3, 0.4) is 0 Å². The number of para-hydroxylation sites is 2. The molecule has 0 atom stereocenters. The van der Waals surface area contributed by atoms with Crippen molar-refractivity contribution in [1.29, 1.82) is 0 Å². The lowest BCUT2D eigenvalue weighted by Gasteiger charge is -2.19. The summed E-state index contributed by atoms with van der Waals surface area (Å²) >= 11 is 5.97. The van der Waals surface area contributed by atoms with Gasteiger partial charge in [-0.3, -0.25) is 0 Å². The fourth-order valence-corrected chi connectivity index (χ4v) is 2.13. The van der Waals surface area contributed by atoms with E-state index < -0.39 is 0 Å². The van der Waals surface area contributed by atoms with E-state index in [9.17, 15) is 0 Å². The molecular formula is C14H19ClN2. The Balaban J connectivity index is 2.37. The van der Waals surface area contributed by atoms with Crippen molar-refractivity contribution in [2.45, 2.75) is 39.6 Å². The second-order valence-corrected chi connectivity index (χ2v) is 5.88. The molecule has 1 aromatic heterocycles. The molecule has 92 valence electrons. The third kappa shape index (κ3) is 2.81. The second-order valence-electron chi connectivity index (χ2n) is 5.61. The largest absolute Gasteiger partial charge is 0.327 e. The van der Waals surface area contributed by atoms with Crippen molar-refractivity contribution in [2.24, 2.45) is 5.41 Å². The van der Waals surface area contributed by atoms with Gasteiger partial charge in [0.1, 0.15) is 5.82 Å². The van der Waals surface area contributed by atoms with E-state index in [1.54, 1.807) is 0 Å². The number of fused-ring (bicyclic) bond motifs is 1. The molecule has 0 N–H and O–H groups in total. The number of aromatic nitrogens is 2. The predicted octanol–water partition coefficient (Wildman–Crippen LogP) is 4.21. The van der Waals surface area contributed by atoms with Crippen LogP contribution in [0.5, 0.6) is 0 Å². The van der Waals surface area contributed by atoms with E-state index in [2.05, 4.69) is 42.5 Å². The second kappa shape index (κ2) is 4.69. The van der Waals surface area contributed by atoms with Crippen LogP contribution in [0.1, 0.15) is 33.0 Å². The molecule has 1 heterocycles. The van der Waals surface area contributed by atoms with Gasteiger partial charge in [0.05, 0.1) is 16.9 Å². The van der Waals surface area contributed by atoms with E-state index in [0.717, 1.165) is 24.3 Å². The molecule has 2 aromatic rings. The van der Waals surface area contributed by atoms with Crippen molar-refractivity contribution in [3.8, 4) is 0 Å². The molecule has 0 aliphatic heterocycles. The molecule has 0 spiro atoms. The number of imidazole rings is 1. The molecule has 0 aliphatic rings. The van der Waals surface area contributed by atoms with E-state index in [1.165, 1.54) is 5.52 Å². The van der Waals surface area contributed by atoms with Crippen molar-refractivity contribution in [2.75, 3.05) is 0 Å². The van der Waals surface area contributed by atoms with Gasteiger partial charge in [0.25, 0.3) is 0 Å². The van der Waals surface area contributed by atoms with E-state index in [1.807, 2.05) is 12.1 Å². The number of aryl methyl sites for hydroxylation is 1. The lowest BCUT2D eigenvalue weighted by molar-refractivity contribution is 0.351. The standard InChI is InChI=1S/C14H19ClN2/c1-14(2,3)8-9-17-12-7-5-4-6-11(12)16-13(17)10-15/h4-7H,8-10H2,1-3H3. The zero-order valence-electron chi connectivity index (χ0n) is 10.7. The Morgan fingerprint density at radius 2 is 1.94 bits per heavy atom. The van der Waals surface area contributed by atoms with Crippen LogP contribution in [0.15, 0.2) is 24.3 Å². The van der Waals surface area contributed by atoms with Gasteiger partial charge in [-0.2, -0.15) is 0 Å². The van der Waals surface area contributed by atoms with Crippen LogP contribution in [0, 0.1) is 5.41 Å². The molecule has 0 aliphatic carbocycles. The summed E-state index contributed by atoms with van der Waals surface area (Å²) in [5.41, 5.74) is 2.55. The highest BCUT2D eigenvalue weighted by Crippen LogP contribution is 2.23. The summed E-state index contributed by atoms with van der Waals surface area (Å²) < 4.78 is 2.24. The molecule has 0 radical (unpaired) electrons. The Hall–Kier alpha value is -1.02. The fraction of sp³-hybridized carbons (Fsp3) is 0.500. The Labute approximate surface area is 108 Å². The minimum absolute atomic E-state index is 0.328. The van der Waals surface area contributed by atoms with Crippen LogP contribution in [0.4, 0.5) is 0 Å². The number of hydrogen-bond donors (Lipinski definition) is 0. The third-order valence-electron chi connectivity index (χ3n) is 2.94. The lowest BCUT2D eigenvalue weighted by Crippen LogP contribution is -2.11.